The van der Waals surface area contributed by atoms with Gasteiger partial charge < -0.3 is 20.6 Å². The van der Waals surface area contributed by atoms with Crippen LogP contribution in [0.25, 0.3) is 6.08 Å². The third kappa shape index (κ3) is 5.89. The molecule has 2 aromatic rings. The first-order valence-electron chi connectivity index (χ1n) is 11.2. The van der Waals surface area contributed by atoms with E-state index in [9.17, 15) is 24.3 Å². The number of aliphatic carboxylic acids is 1. The Labute approximate surface area is 229 Å². The number of hydrogen-bond acceptors (Lipinski definition) is 11. The lowest BCUT2D eigenvalue weighted by molar-refractivity contribution is -0.150. The monoisotopic (exact) mass is 574 g/mol. The molecule has 0 spiro atoms. The number of nitrogens with one attached hydrogen (secondary N) is 2. The minimum absolute atomic E-state index is 0.104. The van der Waals surface area contributed by atoms with Gasteiger partial charge in [0.2, 0.25) is 6.41 Å². The normalized spacial score (nSPS) is 19.2. The number of fused-ring (bicyclic) bond motifs is 1. The second-order valence-electron chi connectivity index (χ2n) is 7.75. The second-order valence-corrected chi connectivity index (χ2v) is 10.7. The van der Waals surface area contributed by atoms with Crippen molar-refractivity contribution in [2.75, 3.05) is 17.7 Å². The third-order valence-electron chi connectivity index (χ3n) is 5.26. The van der Waals surface area contributed by atoms with Gasteiger partial charge in [0.1, 0.15) is 29.4 Å². The van der Waals surface area contributed by atoms with Crippen molar-refractivity contribution in [1.29, 1.82) is 0 Å². The Kier molecular flexibility index (Phi) is 8.81. The van der Waals surface area contributed by atoms with Gasteiger partial charge in [0.25, 0.3) is 11.8 Å². The number of thioether (sulfide) groups is 2. The summed E-state index contributed by atoms with van der Waals surface area (Å²) in [4.78, 5) is 63.9. The fourth-order valence-electron chi connectivity index (χ4n) is 3.50. The van der Waals surface area contributed by atoms with E-state index in [4.69, 9.17) is 4.84 Å². The molecule has 4 heterocycles. The molecular formula is C23H22N6O6S3. The molecule has 0 radical (unpaired) electrons. The summed E-state index contributed by atoms with van der Waals surface area (Å²) >= 11 is 3.66. The highest BCUT2D eigenvalue weighted by Crippen LogP contribution is 2.43. The Morgan fingerprint density at radius 2 is 2.21 bits per heavy atom. The number of aromatic nitrogens is 2. The van der Waals surface area contributed by atoms with Crippen LogP contribution in [-0.2, 0) is 24.0 Å². The molecule has 0 aromatic carbocycles. The molecule has 1 fully saturated rings. The van der Waals surface area contributed by atoms with Gasteiger partial charge in [-0.25, -0.2) is 9.78 Å². The van der Waals surface area contributed by atoms with Crippen LogP contribution in [0.4, 0.5) is 5.13 Å². The lowest BCUT2D eigenvalue weighted by Gasteiger charge is -2.49. The van der Waals surface area contributed by atoms with Crippen LogP contribution in [-0.4, -0.2) is 73.7 Å². The molecule has 12 nitrogen and oxygen atoms in total. The summed E-state index contributed by atoms with van der Waals surface area (Å²) < 4.78 is 0. The van der Waals surface area contributed by atoms with Crippen molar-refractivity contribution in [3.8, 4) is 0 Å². The van der Waals surface area contributed by atoms with Crippen molar-refractivity contribution in [1.82, 2.24) is 20.2 Å². The van der Waals surface area contributed by atoms with Crippen molar-refractivity contribution in [2.24, 2.45) is 5.16 Å². The second kappa shape index (κ2) is 12.2. The van der Waals surface area contributed by atoms with Crippen LogP contribution in [0, 0.1) is 6.92 Å². The first kappa shape index (κ1) is 27.3. The van der Waals surface area contributed by atoms with Gasteiger partial charge in [-0.05, 0) is 37.0 Å². The number of β-lactam (4-membered cyclic amide) rings is 1. The molecule has 3 amide bonds. The number of thiazole rings is 1. The molecule has 4 rings (SSSR count). The van der Waals surface area contributed by atoms with Crippen LogP contribution in [0.5, 0.6) is 0 Å². The van der Waals surface area contributed by atoms with Gasteiger partial charge in [-0.3, -0.25) is 24.3 Å². The average Bonchev–Trinajstić information content (AvgIpc) is 3.36. The Bertz CT molecular complexity index is 1340. The minimum atomic E-state index is -1.22. The number of anilines is 1. The molecule has 0 bridgehead atoms. The van der Waals surface area contributed by atoms with Crippen LogP contribution in [0.2, 0.25) is 0 Å². The van der Waals surface area contributed by atoms with Gasteiger partial charge >= 0.3 is 5.97 Å². The van der Waals surface area contributed by atoms with Gasteiger partial charge in [-0.15, -0.1) is 23.1 Å². The smallest absolute Gasteiger partial charge is 0.353 e. The Morgan fingerprint density at radius 1 is 1.39 bits per heavy atom. The molecule has 1 unspecified atom stereocenters. The molecule has 3 N–H and O–H groups in total. The predicted octanol–water partition coefficient (Wildman–Crippen LogP) is 2.26. The summed E-state index contributed by atoms with van der Waals surface area (Å²) in [5, 5.41) is 21.7. The number of rotatable bonds is 11. The topological polar surface area (TPSA) is 163 Å². The zero-order valence-electron chi connectivity index (χ0n) is 20.1. The highest BCUT2D eigenvalue weighted by Gasteiger charge is 2.54. The summed E-state index contributed by atoms with van der Waals surface area (Å²) in [6.07, 6.45) is 3.99. The number of aryl methyl sites for hydroxylation is 1. The van der Waals surface area contributed by atoms with E-state index < -0.39 is 29.2 Å². The maximum absolute atomic E-state index is 13.0. The predicted molar refractivity (Wildman–Crippen MR) is 145 cm³/mol. The maximum Gasteiger partial charge on any atom is 0.353 e. The zero-order valence-corrected chi connectivity index (χ0v) is 22.6. The van der Waals surface area contributed by atoms with Gasteiger partial charge in [-0.1, -0.05) is 23.0 Å². The van der Waals surface area contributed by atoms with E-state index in [1.165, 1.54) is 33.8 Å². The SMILES string of the molecule is CCON=C(C(=O)NC1C(=O)N2C(C(=O)O)=C(S/C=C\c3ccc(C)nc3)CS[C@@H]12)c1csc(NC=O)n1. The number of carboxylic acids is 1. The largest absolute Gasteiger partial charge is 0.477 e. The van der Waals surface area contributed by atoms with Crippen molar-refractivity contribution in [2.45, 2.75) is 25.3 Å². The number of oxime groups is 1. The van der Waals surface area contributed by atoms with Gasteiger partial charge in [-0.2, -0.15) is 0 Å². The number of amides is 3. The highest BCUT2D eigenvalue weighted by molar-refractivity contribution is 8.08. The summed E-state index contributed by atoms with van der Waals surface area (Å²) in [6.45, 7) is 3.77. The third-order valence-corrected chi connectivity index (χ3v) is 8.39. The molecule has 38 heavy (non-hydrogen) atoms. The number of pyridine rings is 1. The van der Waals surface area contributed by atoms with Crippen molar-refractivity contribution in [3.63, 3.8) is 0 Å². The fourth-order valence-corrected chi connectivity index (χ4v) is 6.51. The summed E-state index contributed by atoms with van der Waals surface area (Å²) in [6, 6.07) is 2.82. The number of nitrogens with zero attached hydrogens (tertiary/aromatic N) is 4. The van der Waals surface area contributed by atoms with E-state index in [1.54, 1.807) is 18.5 Å². The average molecular weight is 575 g/mol. The number of hydrogen-bond donors (Lipinski definition) is 3. The molecule has 2 aliphatic rings. The molecule has 15 heteroatoms. The first-order valence-corrected chi connectivity index (χ1v) is 14.0. The van der Waals surface area contributed by atoms with Gasteiger partial charge in [0.05, 0.1) is 0 Å². The molecule has 0 saturated carbocycles. The minimum Gasteiger partial charge on any atom is -0.477 e. The van der Waals surface area contributed by atoms with E-state index in [2.05, 4.69) is 25.8 Å². The maximum atomic E-state index is 13.0. The zero-order chi connectivity index (χ0) is 27.2. The molecule has 1 saturated heterocycles. The van der Waals surface area contributed by atoms with Crippen molar-refractivity contribution < 1.29 is 29.1 Å². The van der Waals surface area contributed by atoms with Crippen LogP contribution in [0.15, 0.2) is 44.9 Å². The highest BCUT2D eigenvalue weighted by atomic mass is 32.2. The number of carbonyl (C=O) groups excluding carboxylic acids is 3. The van der Waals surface area contributed by atoms with Crippen molar-refractivity contribution in [3.05, 3.63) is 56.7 Å². The molecule has 2 aromatic heterocycles. The quantitative estimate of drug-likeness (QED) is 0.157. The van der Waals surface area contributed by atoms with Crippen LogP contribution in [0.3, 0.4) is 0 Å². The number of carbonyl (C=O) groups is 4. The van der Waals surface area contributed by atoms with E-state index in [1.807, 2.05) is 25.1 Å². The Morgan fingerprint density at radius 3 is 2.89 bits per heavy atom. The standard InChI is InChI=1S/C23H22N6O6S3/c1-3-35-28-16(14-9-38-23(26-14)25-11-30)19(31)27-17-20(32)29-18(22(33)34)15(10-37-21(17)29)36-7-6-13-5-4-12(2)24-8-13/h4-9,11,17,21H,3,10H2,1-2H3,(H,27,31)(H,33,34)(H,25,26,30)/b7-6-,28-16?/t17?,21-/m0/s1. The van der Waals surface area contributed by atoms with E-state index in [0.29, 0.717) is 17.1 Å². The van der Waals surface area contributed by atoms with E-state index >= 15 is 0 Å². The molecule has 2 aliphatic heterocycles. The van der Waals surface area contributed by atoms with Crippen molar-refractivity contribution >= 4 is 76.0 Å². The fraction of sp³-hybridized carbons (Fsp3) is 0.261. The Hall–Kier alpha value is -3.69. The number of carboxylic acid groups (broad SMARTS) is 1. The van der Waals surface area contributed by atoms with E-state index in [0.717, 1.165) is 22.6 Å². The lowest BCUT2D eigenvalue weighted by Crippen LogP contribution is -2.71. The van der Waals surface area contributed by atoms with Crippen LogP contribution < -0.4 is 10.6 Å². The molecule has 0 aliphatic carbocycles. The summed E-state index contributed by atoms with van der Waals surface area (Å²) in [7, 11) is 0. The van der Waals surface area contributed by atoms with E-state index in [-0.39, 0.29) is 28.8 Å². The van der Waals surface area contributed by atoms with Crippen LogP contribution in [0.1, 0.15) is 23.9 Å². The lowest BCUT2D eigenvalue weighted by atomic mass is 10.0. The van der Waals surface area contributed by atoms with Gasteiger partial charge in [0.15, 0.2) is 10.8 Å². The first-order chi connectivity index (χ1) is 18.3. The Balaban J connectivity index is 1.48. The summed E-state index contributed by atoms with van der Waals surface area (Å²) in [5.74, 6) is -2.14. The molecular weight excluding hydrogens is 552 g/mol. The molecule has 198 valence electrons. The summed E-state index contributed by atoms with van der Waals surface area (Å²) in [5.41, 5.74) is 1.64. The van der Waals surface area contributed by atoms with Crippen LogP contribution >= 0.6 is 34.9 Å². The van der Waals surface area contributed by atoms with Gasteiger partial charge in [0, 0.05) is 27.9 Å². The molecule has 2 atom stereocenters.